The SMILES string of the molecule is O=P(O)(O)OO.[Ca+2].[Ca+2].[Ca+2].[H-].[H-].[H-].[H-].[H-].[H-]. The molecule has 0 saturated carbocycles. The molecule has 0 aliphatic heterocycles. The van der Waals surface area contributed by atoms with Crippen LogP contribution in [0.2, 0.25) is 0 Å². The minimum absolute atomic E-state index is 0. The molecule has 0 unspecified atom stereocenters. The Morgan fingerprint density at radius 1 is 1.22 bits per heavy atom. The van der Waals surface area contributed by atoms with E-state index in [4.69, 9.17) is 15.0 Å². The van der Waals surface area contributed by atoms with Crippen LogP contribution in [0, 0.1) is 0 Å². The molecule has 0 aliphatic carbocycles. The average Bonchev–Trinajstić information content (AvgIpc) is 1.35. The van der Waals surface area contributed by atoms with Crippen LogP contribution in [0.25, 0.3) is 0 Å². The van der Waals surface area contributed by atoms with Gasteiger partial charge in [0, 0.05) is 0 Å². The largest absolute Gasteiger partial charge is 2.00 e. The summed E-state index contributed by atoms with van der Waals surface area (Å²) in [6, 6.07) is 0. The van der Waals surface area contributed by atoms with Crippen LogP contribution < -0.4 is 0 Å². The van der Waals surface area contributed by atoms with Crippen LogP contribution in [0.15, 0.2) is 0 Å². The van der Waals surface area contributed by atoms with Gasteiger partial charge in [-0.3, -0.25) is 0 Å². The molecular weight excluding hydrogens is 231 g/mol. The summed E-state index contributed by atoms with van der Waals surface area (Å²) in [7, 11) is -4.59. The summed E-state index contributed by atoms with van der Waals surface area (Å²) in [6.45, 7) is 0. The van der Waals surface area contributed by atoms with Gasteiger partial charge in [-0.05, 0) is 0 Å². The molecule has 0 heterocycles. The van der Waals surface area contributed by atoms with E-state index in [0.717, 1.165) is 0 Å². The van der Waals surface area contributed by atoms with Gasteiger partial charge in [0.2, 0.25) is 0 Å². The Hall–Kier alpha value is 3.85. The molecule has 0 aliphatic rings. The summed E-state index contributed by atoms with van der Waals surface area (Å²) >= 11 is 0. The van der Waals surface area contributed by atoms with Crippen LogP contribution >= 0.6 is 7.82 Å². The first kappa shape index (κ1) is 23.0. The van der Waals surface area contributed by atoms with Gasteiger partial charge in [0.25, 0.3) is 0 Å². The number of hydrogen-bond donors (Lipinski definition) is 3. The molecule has 0 atom stereocenters. The molecule has 3 N–H and O–H groups in total. The first-order chi connectivity index (χ1) is 2.56. The third-order valence-electron chi connectivity index (χ3n) is 0.106. The second kappa shape index (κ2) is 11.8. The fourth-order valence-corrected chi connectivity index (χ4v) is 0. The van der Waals surface area contributed by atoms with E-state index in [1.807, 2.05) is 0 Å². The molecule has 5 nitrogen and oxygen atoms in total. The van der Waals surface area contributed by atoms with E-state index >= 15 is 0 Å². The van der Waals surface area contributed by atoms with Crippen molar-refractivity contribution in [3.63, 3.8) is 0 Å². The molecule has 50 valence electrons. The van der Waals surface area contributed by atoms with Gasteiger partial charge < -0.3 is 18.3 Å². The Morgan fingerprint density at radius 2 is 1.33 bits per heavy atom. The molecule has 0 aromatic rings. The Bertz CT molecular complexity index is 90.8. The van der Waals surface area contributed by atoms with Crippen LogP contribution in [-0.2, 0) is 9.24 Å². The zero-order valence-electron chi connectivity index (χ0n) is 10.7. The van der Waals surface area contributed by atoms with Crippen molar-refractivity contribution in [2.75, 3.05) is 0 Å². The Balaban J connectivity index is -0.00000000347. The van der Waals surface area contributed by atoms with Gasteiger partial charge in [0.15, 0.2) is 0 Å². The van der Waals surface area contributed by atoms with Crippen molar-refractivity contribution in [2.24, 2.45) is 0 Å². The predicted octanol–water partition coefficient (Wildman–Crippen LogP) is -0.899. The van der Waals surface area contributed by atoms with Crippen molar-refractivity contribution < 1.29 is 32.8 Å². The molecule has 0 saturated heterocycles. The van der Waals surface area contributed by atoms with Crippen LogP contribution in [0.3, 0.4) is 0 Å². The third kappa shape index (κ3) is 24.5. The fraction of sp³-hybridized carbons (Fsp3) is 0. The van der Waals surface area contributed by atoms with E-state index in [1.54, 1.807) is 0 Å². The number of phosphoric acid groups is 1. The maximum atomic E-state index is 9.22. The molecule has 0 amide bonds. The van der Waals surface area contributed by atoms with E-state index in [0.29, 0.717) is 0 Å². The molecule has 0 aromatic carbocycles. The third-order valence-corrected chi connectivity index (χ3v) is 0.319. The molecule has 0 rings (SSSR count). The van der Waals surface area contributed by atoms with Gasteiger partial charge in [-0.2, -0.15) is 0 Å². The normalized spacial score (nSPS) is 7.89. The van der Waals surface area contributed by atoms with E-state index in [-0.39, 0.29) is 122 Å². The molecule has 0 aromatic heterocycles. The summed E-state index contributed by atoms with van der Waals surface area (Å²) in [4.78, 5) is 14.9. The number of rotatable bonds is 1. The van der Waals surface area contributed by atoms with Gasteiger partial charge in [-0.1, -0.05) is 0 Å². The summed E-state index contributed by atoms with van der Waals surface area (Å²) in [5.41, 5.74) is 0. The standard InChI is InChI=1S/3Ca.H3O5P.6H/c;;;1-5-6(2,3)4;;;;;;/h;;;1H,(H2,2,3,4);;;;;;/q3*+2;;6*-1. The minimum Gasteiger partial charge on any atom is -1.00 e. The van der Waals surface area contributed by atoms with Crippen molar-refractivity contribution in [2.45, 2.75) is 0 Å². The van der Waals surface area contributed by atoms with Crippen LogP contribution in [-0.4, -0.2) is 128 Å². The van der Waals surface area contributed by atoms with E-state index in [2.05, 4.69) is 4.67 Å². The predicted molar refractivity (Wildman–Crippen MR) is 39.7 cm³/mol. The molecule has 0 spiro atoms. The Morgan fingerprint density at radius 3 is 1.33 bits per heavy atom. The van der Waals surface area contributed by atoms with Crippen molar-refractivity contribution >= 4 is 121 Å². The zero-order chi connectivity index (χ0) is 5.21. The van der Waals surface area contributed by atoms with Crippen molar-refractivity contribution in [1.82, 2.24) is 0 Å². The Kier molecular flexibility index (Phi) is 30.3. The van der Waals surface area contributed by atoms with Gasteiger partial charge in [-0.25, -0.2) is 9.82 Å². The summed E-state index contributed by atoms with van der Waals surface area (Å²) in [6.07, 6.45) is 0. The summed E-state index contributed by atoms with van der Waals surface area (Å²) < 4.78 is 11.8. The number of hydrogen-bond acceptors (Lipinski definition) is 3. The van der Waals surface area contributed by atoms with Crippen molar-refractivity contribution in [3.8, 4) is 0 Å². The summed E-state index contributed by atoms with van der Waals surface area (Å²) in [5.74, 6) is 0. The van der Waals surface area contributed by atoms with Crippen LogP contribution in [0.5, 0.6) is 0 Å². The molecule has 9 heteroatoms. The van der Waals surface area contributed by atoms with E-state index in [9.17, 15) is 4.57 Å². The first-order valence-electron chi connectivity index (χ1n) is 0.948. The maximum Gasteiger partial charge on any atom is 2.00 e. The van der Waals surface area contributed by atoms with Gasteiger partial charge in [0.1, 0.15) is 0 Å². The van der Waals surface area contributed by atoms with E-state index in [1.165, 1.54) is 0 Å². The van der Waals surface area contributed by atoms with Crippen LogP contribution in [0.4, 0.5) is 0 Å². The quantitative estimate of drug-likeness (QED) is 0.239. The second-order valence-corrected chi connectivity index (χ2v) is 1.72. The molecule has 0 fully saturated rings. The molecule has 0 bridgehead atoms. The topological polar surface area (TPSA) is 87.0 Å². The Labute approximate surface area is 151 Å². The summed E-state index contributed by atoms with van der Waals surface area (Å²) in [5, 5.41) is 7.14. The fourth-order valence-electron chi connectivity index (χ4n) is 0. The minimum atomic E-state index is -4.59. The van der Waals surface area contributed by atoms with Crippen molar-refractivity contribution in [3.05, 3.63) is 0 Å². The zero-order valence-corrected chi connectivity index (χ0v) is 12.2. The first-order valence-corrected chi connectivity index (χ1v) is 2.48. The van der Waals surface area contributed by atoms with Crippen molar-refractivity contribution in [1.29, 1.82) is 0 Å². The molecule has 9 heavy (non-hydrogen) atoms. The molecule has 0 radical (unpaired) electrons. The smallest absolute Gasteiger partial charge is 1.00 e. The second-order valence-electron chi connectivity index (χ2n) is 0.572. The van der Waals surface area contributed by atoms with E-state index < -0.39 is 7.82 Å². The van der Waals surface area contributed by atoms with Gasteiger partial charge >= 0.3 is 121 Å². The average molecular weight is 240 g/mol. The maximum absolute atomic E-state index is 9.22. The van der Waals surface area contributed by atoms with Crippen LogP contribution in [0.1, 0.15) is 8.56 Å². The van der Waals surface area contributed by atoms with Gasteiger partial charge in [-0.15, -0.1) is 4.67 Å². The molecular formula is H9Ca3O5P. The van der Waals surface area contributed by atoms with Gasteiger partial charge in [0.05, 0.1) is 0 Å². The monoisotopic (exact) mass is 240 g/mol.